The van der Waals surface area contributed by atoms with Gasteiger partial charge in [-0.25, -0.2) is 14.7 Å². The summed E-state index contributed by atoms with van der Waals surface area (Å²) in [6, 6.07) is 4.30. The third kappa shape index (κ3) is 3.68. The maximum atomic E-state index is 13.8. The molecule has 1 saturated heterocycles. The summed E-state index contributed by atoms with van der Waals surface area (Å²) in [5.74, 6) is -0.931. The van der Waals surface area contributed by atoms with Gasteiger partial charge >= 0.3 is 0 Å². The maximum Gasteiger partial charge on any atom is 0.275 e. The zero-order valence-corrected chi connectivity index (χ0v) is 11.7. The quantitative estimate of drug-likeness (QED) is 0.859. The molecule has 1 N–H and O–H groups in total. The lowest BCUT2D eigenvalue weighted by atomic mass is 10.2. The molecule has 1 heterocycles. The summed E-state index contributed by atoms with van der Waals surface area (Å²) in [6.45, 7) is 0.632. The molecule has 110 valence electrons. The monoisotopic (exact) mass is 282 g/mol. The van der Waals surface area contributed by atoms with Crippen LogP contribution in [-0.4, -0.2) is 32.9 Å². The number of ether oxygens (including phenoxy) is 1. The fraction of sp³-hybridized carbons (Fsp3) is 0.500. The number of hydrogen-bond donors (Lipinski definition) is 1. The number of carbonyl (C=O) groups is 1. The summed E-state index contributed by atoms with van der Waals surface area (Å²) in [5, 5.41) is 0. The highest BCUT2D eigenvalue weighted by molar-refractivity contribution is 5.93. The number of hydrogen-bond acceptors (Lipinski definition) is 4. The second-order valence-corrected chi connectivity index (χ2v) is 4.91. The summed E-state index contributed by atoms with van der Waals surface area (Å²) < 4.78 is 19.1. The average Bonchev–Trinajstić information content (AvgIpc) is 2.45. The van der Waals surface area contributed by atoms with Crippen molar-refractivity contribution in [2.75, 3.05) is 25.6 Å². The third-order valence-corrected chi connectivity index (χ3v) is 3.11. The Balaban J connectivity index is 1.93. The molecule has 5 nitrogen and oxygen atoms in total. The second kappa shape index (κ2) is 6.67. The lowest BCUT2D eigenvalue weighted by Gasteiger charge is -2.22. The van der Waals surface area contributed by atoms with Crippen LogP contribution in [0.3, 0.4) is 0 Å². The van der Waals surface area contributed by atoms with Crippen molar-refractivity contribution >= 4 is 11.6 Å². The molecule has 0 saturated carbocycles. The highest BCUT2D eigenvalue weighted by Crippen LogP contribution is 2.18. The van der Waals surface area contributed by atoms with E-state index in [9.17, 15) is 9.18 Å². The zero-order valence-electron chi connectivity index (χ0n) is 11.7. The molecule has 0 bridgehead atoms. The molecular formula is C14H19FN2O3. The van der Waals surface area contributed by atoms with Gasteiger partial charge in [0.25, 0.3) is 5.91 Å². The molecule has 1 amide bonds. The van der Waals surface area contributed by atoms with Crippen molar-refractivity contribution < 1.29 is 18.8 Å². The van der Waals surface area contributed by atoms with E-state index >= 15 is 0 Å². The molecule has 20 heavy (non-hydrogen) atoms. The van der Waals surface area contributed by atoms with Gasteiger partial charge in [-0.2, -0.15) is 0 Å². The van der Waals surface area contributed by atoms with Crippen molar-refractivity contribution in [1.82, 2.24) is 5.48 Å². The normalized spacial score (nSPS) is 18.6. The molecule has 2 rings (SSSR count). The van der Waals surface area contributed by atoms with Crippen LogP contribution in [0.5, 0.6) is 0 Å². The molecule has 1 atom stereocenters. The van der Waals surface area contributed by atoms with E-state index in [-0.39, 0.29) is 5.56 Å². The summed E-state index contributed by atoms with van der Waals surface area (Å²) in [5.41, 5.74) is 2.94. The van der Waals surface area contributed by atoms with Gasteiger partial charge in [-0.3, -0.25) is 4.79 Å². The molecule has 1 aliphatic rings. The van der Waals surface area contributed by atoms with Crippen molar-refractivity contribution in [1.29, 1.82) is 0 Å². The minimum Gasteiger partial charge on any atom is -0.375 e. The van der Waals surface area contributed by atoms with Gasteiger partial charge in [0, 0.05) is 32.7 Å². The fourth-order valence-electron chi connectivity index (χ4n) is 1.99. The summed E-state index contributed by atoms with van der Waals surface area (Å²) in [4.78, 5) is 18.7. The number of anilines is 1. The second-order valence-electron chi connectivity index (χ2n) is 4.91. The van der Waals surface area contributed by atoms with Gasteiger partial charge in [-0.05, 0) is 31.0 Å². The SMILES string of the molecule is CN(C)c1ccc(C(=O)NO[C@@H]2CCCCO2)cc1F. The number of carbonyl (C=O) groups excluding carboxylic acids is 1. The first kappa shape index (κ1) is 14.7. The van der Waals surface area contributed by atoms with E-state index in [2.05, 4.69) is 5.48 Å². The van der Waals surface area contributed by atoms with Crippen molar-refractivity contribution in [2.24, 2.45) is 0 Å². The predicted octanol–water partition coefficient (Wildman–Crippen LogP) is 2.08. The van der Waals surface area contributed by atoms with Gasteiger partial charge in [0.1, 0.15) is 5.82 Å². The van der Waals surface area contributed by atoms with Crippen LogP contribution in [-0.2, 0) is 9.57 Å². The molecule has 6 heteroatoms. The first-order valence-corrected chi connectivity index (χ1v) is 6.62. The molecule has 0 aliphatic carbocycles. The third-order valence-electron chi connectivity index (χ3n) is 3.11. The van der Waals surface area contributed by atoms with Crippen LogP contribution >= 0.6 is 0 Å². The number of benzene rings is 1. The summed E-state index contributed by atoms with van der Waals surface area (Å²) in [7, 11) is 3.48. The summed E-state index contributed by atoms with van der Waals surface area (Å²) >= 11 is 0. The number of halogens is 1. The molecule has 1 aromatic carbocycles. The molecule has 0 radical (unpaired) electrons. The van der Waals surface area contributed by atoms with Crippen LogP contribution in [0, 0.1) is 5.82 Å². The van der Waals surface area contributed by atoms with Crippen LogP contribution in [0.25, 0.3) is 0 Å². The molecule has 0 unspecified atom stereocenters. The smallest absolute Gasteiger partial charge is 0.275 e. The first-order valence-electron chi connectivity index (χ1n) is 6.62. The minimum absolute atomic E-state index is 0.212. The molecule has 0 aromatic heterocycles. The van der Waals surface area contributed by atoms with E-state index in [1.165, 1.54) is 6.07 Å². The number of hydroxylamine groups is 1. The van der Waals surface area contributed by atoms with Crippen LogP contribution in [0.2, 0.25) is 0 Å². The highest BCUT2D eigenvalue weighted by atomic mass is 19.1. The molecule has 0 spiro atoms. The topological polar surface area (TPSA) is 50.8 Å². The van der Waals surface area contributed by atoms with Crippen LogP contribution in [0.1, 0.15) is 29.6 Å². The van der Waals surface area contributed by atoms with Gasteiger partial charge < -0.3 is 9.64 Å². The zero-order chi connectivity index (χ0) is 14.5. The number of amides is 1. The molecule has 1 aliphatic heterocycles. The van der Waals surface area contributed by atoms with Crippen molar-refractivity contribution in [2.45, 2.75) is 25.6 Å². The van der Waals surface area contributed by atoms with Crippen molar-refractivity contribution in [3.05, 3.63) is 29.6 Å². The first-order chi connectivity index (χ1) is 9.58. The highest BCUT2D eigenvalue weighted by Gasteiger charge is 2.17. The Labute approximate surface area is 117 Å². The van der Waals surface area contributed by atoms with Gasteiger partial charge in [-0.1, -0.05) is 0 Å². The van der Waals surface area contributed by atoms with Crippen LogP contribution in [0.4, 0.5) is 10.1 Å². The number of rotatable bonds is 4. The van der Waals surface area contributed by atoms with Crippen molar-refractivity contribution in [3.63, 3.8) is 0 Å². The van der Waals surface area contributed by atoms with E-state index in [4.69, 9.17) is 9.57 Å². The summed E-state index contributed by atoms with van der Waals surface area (Å²) in [6.07, 6.45) is 2.34. The maximum absolute atomic E-state index is 13.8. The largest absolute Gasteiger partial charge is 0.375 e. The lowest BCUT2D eigenvalue weighted by molar-refractivity contribution is -0.186. The van der Waals surface area contributed by atoms with Gasteiger partial charge in [0.15, 0.2) is 6.29 Å². The van der Waals surface area contributed by atoms with Gasteiger partial charge in [0.05, 0.1) is 5.69 Å². The van der Waals surface area contributed by atoms with Crippen molar-refractivity contribution in [3.8, 4) is 0 Å². The van der Waals surface area contributed by atoms with Crippen LogP contribution < -0.4 is 10.4 Å². The number of nitrogens with one attached hydrogen (secondary N) is 1. The number of nitrogens with zero attached hydrogens (tertiary/aromatic N) is 1. The molecule has 1 fully saturated rings. The van der Waals surface area contributed by atoms with E-state index in [0.717, 1.165) is 19.3 Å². The van der Waals surface area contributed by atoms with E-state index in [0.29, 0.717) is 12.3 Å². The fourth-order valence-corrected chi connectivity index (χ4v) is 1.99. The van der Waals surface area contributed by atoms with E-state index in [1.54, 1.807) is 31.1 Å². The minimum atomic E-state index is -0.483. The Morgan fingerprint density at radius 1 is 1.45 bits per heavy atom. The Morgan fingerprint density at radius 2 is 2.25 bits per heavy atom. The Bertz CT molecular complexity index is 473. The van der Waals surface area contributed by atoms with Gasteiger partial charge in [0.2, 0.25) is 0 Å². The Kier molecular flexibility index (Phi) is 4.92. The standard InChI is InChI=1S/C14H19FN2O3/c1-17(2)12-7-6-10(9-11(12)15)14(18)16-20-13-5-3-4-8-19-13/h6-7,9,13H,3-5,8H2,1-2H3,(H,16,18)/t13-/m1/s1. The van der Waals surface area contributed by atoms with Crippen LogP contribution in [0.15, 0.2) is 18.2 Å². The Morgan fingerprint density at radius 3 is 2.85 bits per heavy atom. The predicted molar refractivity (Wildman–Crippen MR) is 72.9 cm³/mol. The Hall–Kier alpha value is -1.66. The lowest BCUT2D eigenvalue weighted by Crippen LogP contribution is -2.33. The van der Waals surface area contributed by atoms with Gasteiger partial charge in [-0.15, -0.1) is 0 Å². The van der Waals surface area contributed by atoms with E-state index in [1.807, 2.05) is 0 Å². The molecular weight excluding hydrogens is 263 g/mol. The van der Waals surface area contributed by atoms with E-state index < -0.39 is 18.0 Å². The molecule has 1 aromatic rings. The average molecular weight is 282 g/mol.